The van der Waals surface area contributed by atoms with Crippen molar-refractivity contribution in [2.75, 3.05) is 12.8 Å². The number of aromatic amines is 1. The zero-order chi connectivity index (χ0) is 13.1. The number of hydrogen-bond donors (Lipinski definition) is 2. The first-order valence-corrected chi connectivity index (χ1v) is 8.10. The number of rotatable bonds is 5. The maximum absolute atomic E-state index is 4.63. The normalized spacial score (nSPS) is 18.2. The van der Waals surface area contributed by atoms with Crippen LogP contribution < -0.4 is 5.32 Å². The van der Waals surface area contributed by atoms with Crippen LogP contribution in [0.1, 0.15) is 25.7 Å². The average Bonchev–Trinajstić information content (AvgIpc) is 3.08. The lowest BCUT2D eigenvalue weighted by Gasteiger charge is -2.21. The van der Waals surface area contributed by atoms with Gasteiger partial charge in [-0.15, -0.1) is 0 Å². The van der Waals surface area contributed by atoms with Gasteiger partial charge in [0.2, 0.25) is 0 Å². The summed E-state index contributed by atoms with van der Waals surface area (Å²) in [5, 5.41) is 4.53. The van der Waals surface area contributed by atoms with Gasteiger partial charge in [0.05, 0.1) is 11.0 Å². The lowest BCUT2D eigenvalue weighted by Crippen LogP contribution is -2.34. The third-order valence-electron chi connectivity index (χ3n) is 4.11. The summed E-state index contributed by atoms with van der Waals surface area (Å²) < 4.78 is 0. The quantitative estimate of drug-likeness (QED) is 0.821. The molecular formula is C15H21N3S. The Morgan fingerprint density at radius 1 is 1.37 bits per heavy atom. The standard InChI is InChI=1S/C15H21N3S/c1-16-14(11-6-2-3-7-11)10-19-15-17-12-8-4-5-9-13(12)18-15/h4-5,8-9,11,14,16H,2-3,6-7,10H2,1H3,(H,17,18). The molecule has 0 saturated heterocycles. The van der Waals surface area contributed by atoms with E-state index >= 15 is 0 Å². The molecule has 3 rings (SSSR count). The Morgan fingerprint density at radius 2 is 2.16 bits per heavy atom. The number of aromatic nitrogens is 2. The smallest absolute Gasteiger partial charge is 0.166 e. The SMILES string of the molecule is CNC(CSc1nc2ccccc2[nH]1)C1CCCC1. The van der Waals surface area contributed by atoms with Gasteiger partial charge in [-0.1, -0.05) is 36.7 Å². The minimum Gasteiger partial charge on any atom is -0.333 e. The van der Waals surface area contributed by atoms with Gasteiger partial charge in [0, 0.05) is 11.8 Å². The Balaban J connectivity index is 1.64. The molecule has 4 heteroatoms. The van der Waals surface area contributed by atoms with Crippen molar-refractivity contribution >= 4 is 22.8 Å². The highest BCUT2D eigenvalue weighted by Gasteiger charge is 2.24. The van der Waals surface area contributed by atoms with Crippen molar-refractivity contribution in [2.24, 2.45) is 5.92 Å². The molecule has 1 aromatic heterocycles. The largest absolute Gasteiger partial charge is 0.333 e. The van der Waals surface area contributed by atoms with E-state index in [0.717, 1.165) is 27.9 Å². The molecule has 0 amide bonds. The van der Waals surface area contributed by atoms with Crippen molar-refractivity contribution in [1.82, 2.24) is 15.3 Å². The van der Waals surface area contributed by atoms with Crippen molar-refractivity contribution in [3.8, 4) is 0 Å². The molecule has 1 unspecified atom stereocenters. The second-order valence-electron chi connectivity index (χ2n) is 5.31. The number of thioether (sulfide) groups is 1. The zero-order valence-electron chi connectivity index (χ0n) is 11.4. The number of hydrogen-bond acceptors (Lipinski definition) is 3. The van der Waals surface area contributed by atoms with Crippen LogP contribution in [-0.4, -0.2) is 28.8 Å². The van der Waals surface area contributed by atoms with Gasteiger partial charge in [0.25, 0.3) is 0 Å². The summed E-state index contributed by atoms with van der Waals surface area (Å²) in [6.45, 7) is 0. The van der Waals surface area contributed by atoms with Crippen molar-refractivity contribution in [2.45, 2.75) is 36.9 Å². The van der Waals surface area contributed by atoms with Crippen molar-refractivity contribution in [1.29, 1.82) is 0 Å². The predicted octanol–water partition coefficient (Wildman–Crippen LogP) is 3.43. The van der Waals surface area contributed by atoms with E-state index in [0.29, 0.717) is 6.04 Å². The van der Waals surface area contributed by atoms with E-state index in [4.69, 9.17) is 0 Å². The highest BCUT2D eigenvalue weighted by Crippen LogP contribution is 2.30. The predicted molar refractivity (Wildman–Crippen MR) is 81.6 cm³/mol. The van der Waals surface area contributed by atoms with E-state index in [1.54, 1.807) is 0 Å². The van der Waals surface area contributed by atoms with Gasteiger partial charge >= 0.3 is 0 Å². The van der Waals surface area contributed by atoms with E-state index < -0.39 is 0 Å². The summed E-state index contributed by atoms with van der Waals surface area (Å²) >= 11 is 1.84. The van der Waals surface area contributed by atoms with Crippen LogP contribution in [0.15, 0.2) is 29.4 Å². The zero-order valence-corrected chi connectivity index (χ0v) is 12.2. The van der Waals surface area contributed by atoms with E-state index in [2.05, 4.69) is 34.5 Å². The van der Waals surface area contributed by atoms with E-state index in [1.165, 1.54) is 25.7 Å². The molecule has 2 N–H and O–H groups in total. The molecule has 1 aliphatic carbocycles. The number of fused-ring (bicyclic) bond motifs is 1. The van der Waals surface area contributed by atoms with Crippen molar-refractivity contribution < 1.29 is 0 Å². The van der Waals surface area contributed by atoms with Gasteiger partial charge in [0.1, 0.15) is 0 Å². The Labute approximate surface area is 118 Å². The molecule has 19 heavy (non-hydrogen) atoms. The summed E-state index contributed by atoms with van der Waals surface area (Å²) in [5.74, 6) is 1.95. The van der Waals surface area contributed by atoms with Crippen LogP contribution in [0, 0.1) is 5.92 Å². The number of nitrogens with zero attached hydrogens (tertiary/aromatic N) is 1. The lowest BCUT2D eigenvalue weighted by atomic mass is 10.0. The highest BCUT2D eigenvalue weighted by molar-refractivity contribution is 7.99. The van der Waals surface area contributed by atoms with E-state index in [1.807, 2.05) is 23.9 Å². The summed E-state index contributed by atoms with van der Waals surface area (Å²) in [6, 6.07) is 8.83. The number of H-pyrrole nitrogens is 1. The third kappa shape index (κ3) is 2.95. The molecule has 1 aromatic carbocycles. The molecule has 1 fully saturated rings. The molecule has 0 spiro atoms. The second kappa shape index (κ2) is 5.97. The average molecular weight is 275 g/mol. The summed E-state index contributed by atoms with van der Waals surface area (Å²) in [5.41, 5.74) is 2.19. The van der Waals surface area contributed by atoms with E-state index in [9.17, 15) is 0 Å². The minimum absolute atomic E-state index is 0.612. The second-order valence-corrected chi connectivity index (χ2v) is 6.32. The maximum Gasteiger partial charge on any atom is 0.166 e. The number of para-hydroxylation sites is 2. The molecule has 1 atom stereocenters. The molecule has 2 aromatic rings. The molecule has 0 bridgehead atoms. The maximum atomic E-state index is 4.63. The number of imidazole rings is 1. The fraction of sp³-hybridized carbons (Fsp3) is 0.533. The fourth-order valence-electron chi connectivity index (χ4n) is 2.98. The molecule has 102 valence electrons. The Kier molecular flexibility index (Phi) is 4.09. The van der Waals surface area contributed by atoms with Crippen LogP contribution in [0.5, 0.6) is 0 Å². The Hall–Kier alpha value is -1.00. The molecule has 0 radical (unpaired) electrons. The monoisotopic (exact) mass is 275 g/mol. The van der Waals surface area contributed by atoms with Crippen LogP contribution in [-0.2, 0) is 0 Å². The van der Waals surface area contributed by atoms with E-state index in [-0.39, 0.29) is 0 Å². The molecule has 1 saturated carbocycles. The summed E-state index contributed by atoms with van der Waals surface area (Å²) in [6.07, 6.45) is 5.56. The lowest BCUT2D eigenvalue weighted by molar-refractivity contribution is 0.410. The first kappa shape index (κ1) is 13.0. The van der Waals surface area contributed by atoms with Crippen molar-refractivity contribution in [3.63, 3.8) is 0 Å². The molecule has 3 nitrogen and oxygen atoms in total. The van der Waals surface area contributed by atoms with Crippen LogP contribution in [0.25, 0.3) is 11.0 Å². The fourth-order valence-corrected chi connectivity index (χ4v) is 4.10. The van der Waals surface area contributed by atoms with Gasteiger partial charge < -0.3 is 10.3 Å². The Bertz CT molecular complexity index is 498. The number of nitrogens with one attached hydrogen (secondary N) is 2. The van der Waals surface area contributed by atoms with Crippen LogP contribution in [0.2, 0.25) is 0 Å². The van der Waals surface area contributed by atoms with Gasteiger partial charge in [-0.25, -0.2) is 4.98 Å². The van der Waals surface area contributed by atoms with Gasteiger partial charge in [-0.3, -0.25) is 0 Å². The molecule has 0 aliphatic heterocycles. The first-order valence-electron chi connectivity index (χ1n) is 7.11. The van der Waals surface area contributed by atoms with Gasteiger partial charge in [-0.2, -0.15) is 0 Å². The minimum atomic E-state index is 0.612. The van der Waals surface area contributed by atoms with Crippen LogP contribution in [0.3, 0.4) is 0 Å². The Morgan fingerprint density at radius 3 is 2.89 bits per heavy atom. The summed E-state index contributed by atoms with van der Waals surface area (Å²) in [7, 11) is 2.09. The third-order valence-corrected chi connectivity index (χ3v) is 5.10. The summed E-state index contributed by atoms with van der Waals surface area (Å²) in [4.78, 5) is 8.01. The van der Waals surface area contributed by atoms with Crippen molar-refractivity contribution in [3.05, 3.63) is 24.3 Å². The van der Waals surface area contributed by atoms with Gasteiger partial charge in [0.15, 0.2) is 5.16 Å². The topological polar surface area (TPSA) is 40.7 Å². The molecular weight excluding hydrogens is 254 g/mol. The van der Waals surface area contributed by atoms with Crippen LogP contribution in [0.4, 0.5) is 0 Å². The highest BCUT2D eigenvalue weighted by atomic mass is 32.2. The molecule has 1 aliphatic rings. The first-order chi connectivity index (χ1) is 9.36. The molecule has 1 heterocycles. The number of benzene rings is 1. The van der Waals surface area contributed by atoms with Gasteiger partial charge in [-0.05, 0) is 37.9 Å². The van der Waals surface area contributed by atoms with Crippen LogP contribution >= 0.6 is 11.8 Å².